The van der Waals surface area contributed by atoms with Gasteiger partial charge >= 0.3 is 6.01 Å². The van der Waals surface area contributed by atoms with Crippen LogP contribution in [-0.2, 0) is 4.74 Å². The number of hydrogen-bond acceptors (Lipinski definition) is 9. The van der Waals surface area contributed by atoms with Gasteiger partial charge in [0.25, 0.3) is 0 Å². The van der Waals surface area contributed by atoms with E-state index in [2.05, 4.69) is 35.9 Å². The summed E-state index contributed by atoms with van der Waals surface area (Å²) in [6, 6.07) is 6.06. The van der Waals surface area contributed by atoms with Crippen molar-refractivity contribution < 1.29 is 9.47 Å². The lowest BCUT2D eigenvalue weighted by atomic mass is 10.2. The van der Waals surface area contributed by atoms with Crippen molar-refractivity contribution in [3.05, 3.63) is 24.4 Å². The van der Waals surface area contributed by atoms with Gasteiger partial charge in [-0.25, -0.2) is 5.01 Å². The number of ether oxygens (including phenoxy) is 2. The van der Waals surface area contributed by atoms with Crippen molar-refractivity contribution in [2.24, 2.45) is 0 Å². The summed E-state index contributed by atoms with van der Waals surface area (Å²) in [5.41, 5.74) is 4.98. The molecule has 1 saturated heterocycles. The molecule has 0 spiro atoms. The first-order valence-electron chi connectivity index (χ1n) is 7.90. The predicted octanol–water partition coefficient (Wildman–Crippen LogP) is 1.16. The van der Waals surface area contributed by atoms with Gasteiger partial charge in [-0.3, -0.25) is 10.5 Å². The Morgan fingerprint density at radius 3 is 2.84 bits per heavy atom. The Balaban J connectivity index is 1.56. The second kappa shape index (κ2) is 6.87. The maximum Gasteiger partial charge on any atom is 0.322 e. The molecule has 0 unspecified atom stereocenters. The molecule has 3 heterocycles. The van der Waals surface area contributed by atoms with Crippen LogP contribution in [0.5, 0.6) is 6.01 Å². The van der Waals surface area contributed by atoms with Crippen molar-refractivity contribution in [1.29, 1.82) is 0 Å². The van der Waals surface area contributed by atoms with Gasteiger partial charge in [0.1, 0.15) is 0 Å². The van der Waals surface area contributed by atoms with Gasteiger partial charge in [0.05, 0.1) is 32.0 Å². The van der Waals surface area contributed by atoms with Crippen LogP contribution in [0.2, 0.25) is 0 Å². The van der Waals surface area contributed by atoms with E-state index in [1.165, 1.54) is 7.11 Å². The second-order valence-corrected chi connectivity index (χ2v) is 5.48. The summed E-state index contributed by atoms with van der Waals surface area (Å²) in [5, 5.41) is 13.1. The fraction of sp³-hybridized carbons (Fsp3) is 0.333. The highest BCUT2D eigenvalue weighted by Crippen LogP contribution is 2.21. The standard InChI is InChI=1S/C15H18N8O2/c1-24-15-19-13(17-11-2-3-12-10(8-11)9-16-21-12)18-14(20-15)22-23-4-6-25-7-5-23/h2-3,8-9H,4-7H2,1H3,(H,16,21)(H2,17,18,19,20,22). The minimum absolute atomic E-state index is 0.234. The molecule has 0 bridgehead atoms. The average molecular weight is 342 g/mol. The Kier molecular flexibility index (Phi) is 4.27. The molecule has 3 aromatic rings. The van der Waals surface area contributed by atoms with E-state index in [1.807, 2.05) is 23.2 Å². The Morgan fingerprint density at radius 2 is 2.00 bits per heavy atom. The molecule has 0 aliphatic carbocycles. The lowest BCUT2D eigenvalue weighted by molar-refractivity contribution is 0.0492. The van der Waals surface area contributed by atoms with Crippen LogP contribution < -0.4 is 15.5 Å². The number of morpholine rings is 1. The molecule has 0 saturated carbocycles. The second-order valence-electron chi connectivity index (χ2n) is 5.48. The zero-order chi connectivity index (χ0) is 17.1. The summed E-state index contributed by atoms with van der Waals surface area (Å²) < 4.78 is 10.5. The SMILES string of the molecule is COc1nc(Nc2ccc3[nH]ncc3c2)nc(NN2CCOCC2)n1. The number of anilines is 3. The molecule has 3 N–H and O–H groups in total. The molecular weight excluding hydrogens is 324 g/mol. The maximum atomic E-state index is 5.33. The molecule has 1 aromatic carbocycles. The molecule has 0 atom stereocenters. The monoisotopic (exact) mass is 342 g/mol. The molecule has 1 fully saturated rings. The van der Waals surface area contributed by atoms with E-state index in [-0.39, 0.29) is 6.01 Å². The molecule has 2 aromatic heterocycles. The highest BCUT2D eigenvalue weighted by Gasteiger charge is 2.14. The van der Waals surface area contributed by atoms with Crippen molar-refractivity contribution in [3.63, 3.8) is 0 Å². The van der Waals surface area contributed by atoms with Crippen molar-refractivity contribution in [2.75, 3.05) is 44.2 Å². The van der Waals surface area contributed by atoms with Gasteiger partial charge < -0.3 is 14.8 Å². The smallest absolute Gasteiger partial charge is 0.322 e. The normalized spacial score (nSPS) is 15.2. The molecule has 130 valence electrons. The number of nitrogens with one attached hydrogen (secondary N) is 3. The minimum Gasteiger partial charge on any atom is -0.467 e. The van der Waals surface area contributed by atoms with Gasteiger partial charge in [-0.2, -0.15) is 20.1 Å². The quantitative estimate of drug-likeness (QED) is 0.628. The van der Waals surface area contributed by atoms with Gasteiger partial charge in [0.2, 0.25) is 11.9 Å². The van der Waals surface area contributed by atoms with Crippen molar-refractivity contribution in [2.45, 2.75) is 0 Å². The Labute approximate surface area is 143 Å². The summed E-state index contributed by atoms with van der Waals surface area (Å²) in [6.45, 7) is 2.86. The summed E-state index contributed by atoms with van der Waals surface area (Å²) in [5.74, 6) is 0.811. The molecule has 1 aliphatic rings. The van der Waals surface area contributed by atoms with Crippen LogP contribution in [0.1, 0.15) is 0 Å². The molecule has 1 aliphatic heterocycles. The van der Waals surface area contributed by atoms with Gasteiger partial charge in [0, 0.05) is 24.2 Å². The maximum absolute atomic E-state index is 5.33. The Bertz CT molecular complexity index is 862. The first-order valence-corrected chi connectivity index (χ1v) is 7.90. The zero-order valence-electron chi connectivity index (χ0n) is 13.7. The van der Waals surface area contributed by atoms with Crippen LogP contribution in [0.15, 0.2) is 24.4 Å². The number of nitrogens with zero attached hydrogens (tertiary/aromatic N) is 5. The number of hydrazine groups is 1. The minimum atomic E-state index is 0.234. The number of H-pyrrole nitrogens is 1. The van der Waals surface area contributed by atoms with E-state index in [1.54, 1.807) is 6.20 Å². The molecule has 4 rings (SSSR count). The zero-order valence-corrected chi connectivity index (χ0v) is 13.7. The average Bonchev–Trinajstić information content (AvgIpc) is 3.10. The van der Waals surface area contributed by atoms with Crippen LogP contribution in [0.4, 0.5) is 17.6 Å². The third-order valence-corrected chi connectivity index (χ3v) is 3.76. The largest absolute Gasteiger partial charge is 0.467 e. The lowest BCUT2D eigenvalue weighted by Gasteiger charge is -2.26. The summed E-state index contributed by atoms with van der Waals surface area (Å²) in [4.78, 5) is 12.9. The number of fused-ring (bicyclic) bond motifs is 1. The highest BCUT2D eigenvalue weighted by atomic mass is 16.5. The van der Waals surface area contributed by atoms with Crippen LogP contribution in [-0.4, -0.2) is 63.6 Å². The fourth-order valence-corrected chi connectivity index (χ4v) is 2.52. The van der Waals surface area contributed by atoms with E-state index in [0.717, 1.165) is 29.7 Å². The number of methoxy groups -OCH3 is 1. The first kappa shape index (κ1) is 15.5. The van der Waals surface area contributed by atoms with Crippen molar-refractivity contribution >= 4 is 28.5 Å². The molecule has 0 amide bonds. The summed E-state index contributed by atoms with van der Waals surface area (Å²) in [7, 11) is 1.52. The number of rotatable bonds is 5. The van der Waals surface area contributed by atoms with Gasteiger partial charge in [-0.15, -0.1) is 0 Å². The van der Waals surface area contributed by atoms with Crippen LogP contribution in [0.25, 0.3) is 10.9 Å². The Hall–Kier alpha value is -2.98. The summed E-state index contributed by atoms with van der Waals surface area (Å²) >= 11 is 0. The van der Waals surface area contributed by atoms with Crippen molar-refractivity contribution in [3.8, 4) is 6.01 Å². The molecule has 25 heavy (non-hydrogen) atoms. The first-order chi connectivity index (χ1) is 12.3. The van der Waals surface area contributed by atoms with Crippen LogP contribution in [0, 0.1) is 0 Å². The van der Waals surface area contributed by atoms with E-state index >= 15 is 0 Å². The number of benzene rings is 1. The number of aromatic nitrogens is 5. The van der Waals surface area contributed by atoms with Gasteiger partial charge in [-0.1, -0.05) is 0 Å². The van der Waals surface area contributed by atoms with Crippen LogP contribution in [0.3, 0.4) is 0 Å². The summed E-state index contributed by atoms with van der Waals surface area (Å²) in [6.07, 6.45) is 1.76. The lowest BCUT2D eigenvalue weighted by Crippen LogP contribution is -2.40. The third-order valence-electron chi connectivity index (χ3n) is 3.76. The van der Waals surface area contributed by atoms with E-state index in [0.29, 0.717) is 25.1 Å². The van der Waals surface area contributed by atoms with Crippen LogP contribution >= 0.6 is 0 Å². The number of aromatic amines is 1. The molecular formula is C15H18N8O2. The van der Waals surface area contributed by atoms with E-state index < -0.39 is 0 Å². The predicted molar refractivity (Wildman–Crippen MR) is 91.8 cm³/mol. The highest BCUT2D eigenvalue weighted by molar-refractivity contribution is 5.82. The third kappa shape index (κ3) is 3.59. The number of hydrogen-bond donors (Lipinski definition) is 3. The topological polar surface area (TPSA) is 113 Å². The van der Waals surface area contributed by atoms with E-state index in [9.17, 15) is 0 Å². The van der Waals surface area contributed by atoms with Gasteiger partial charge in [0.15, 0.2) is 0 Å². The molecule has 10 nitrogen and oxygen atoms in total. The van der Waals surface area contributed by atoms with Gasteiger partial charge in [-0.05, 0) is 18.2 Å². The Morgan fingerprint density at radius 1 is 1.16 bits per heavy atom. The fourth-order valence-electron chi connectivity index (χ4n) is 2.52. The molecule has 10 heteroatoms. The van der Waals surface area contributed by atoms with E-state index in [4.69, 9.17) is 9.47 Å². The van der Waals surface area contributed by atoms with Crippen molar-refractivity contribution in [1.82, 2.24) is 30.2 Å². The molecule has 0 radical (unpaired) electrons.